The van der Waals surface area contributed by atoms with Gasteiger partial charge in [-0.3, -0.25) is 4.79 Å². The number of carbonyl (C=O) groups is 1. The van der Waals surface area contributed by atoms with Crippen LogP contribution in [0, 0.1) is 12.8 Å². The first-order chi connectivity index (χ1) is 9.06. The van der Waals surface area contributed by atoms with E-state index in [1.165, 1.54) is 0 Å². The molecule has 1 amide bonds. The Morgan fingerprint density at radius 3 is 2.79 bits per heavy atom. The van der Waals surface area contributed by atoms with Gasteiger partial charge < -0.3 is 9.32 Å². The molecule has 0 saturated heterocycles. The molecule has 0 radical (unpaired) electrons. The largest absolute Gasteiger partial charge is 0.456 e. The van der Waals surface area contributed by atoms with Gasteiger partial charge in [-0.05, 0) is 25.0 Å². The van der Waals surface area contributed by atoms with E-state index in [0.717, 1.165) is 0 Å². The minimum Gasteiger partial charge on any atom is -0.456 e. The maximum atomic E-state index is 12.4. The van der Waals surface area contributed by atoms with Crippen molar-refractivity contribution < 1.29 is 9.21 Å². The van der Waals surface area contributed by atoms with Crippen LogP contribution in [0.3, 0.4) is 0 Å². The summed E-state index contributed by atoms with van der Waals surface area (Å²) >= 11 is 0. The van der Waals surface area contributed by atoms with E-state index in [9.17, 15) is 4.79 Å². The molecule has 19 heavy (non-hydrogen) atoms. The number of nitrogens with zero attached hydrogens (tertiary/aromatic N) is 4. The van der Waals surface area contributed by atoms with E-state index < -0.39 is 0 Å². The number of aromatic amines is 1. The van der Waals surface area contributed by atoms with Crippen LogP contribution in [0.1, 0.15) is 36.0 Å². The van der Waals surface area contributed by atoms with E-state index in [-0.39, 0.29) is 5.91 Å². The van der Waals surface area contributed by atoms with Crippen molar-refractivity contribution in [1.82, 2.24) is 25.5 Å². The van der Waals surface area contributed by atoms with Crippen LogP contribution in [-0.2, 0) is 6.54 Å². The van der Waals surface area contributed by atoms with Crippen LogP contribution in [0.5, 0.6) is 0 Å². The monoisotopic (exact) mass is 263 g/mol. The van der Waals surface area contributed by atoms with Crippen LogP contribution >= 0.6 is 0 Å². The van der Waals surface area contributed by atoms with Crippen molar-refractivity contribution in [2.45, 2.75) is 27.3 Å². The van der Waals surface area contributed by atoms with Gasteiger partial charge in [-0.2, -0.15) is 5.21 Å². The number of hydrogen-bond donors (Lipinski definition) is 1. The SMILES string of the molecule is Cc1ccc(C(=O)N(Cc2nn[nH]n2)CC(C)C)o1. The Bertz CT molecular complexity index is 532. The van der Waals surface area contributed by atoms with Crippen LogP contribution in [0.25, 0.3) is 0 Å². The van der Waals surface area contributed by atoms with E-state index in [2.05, 4.69) is 20.6 Å². The summed E-state index contributed by atoms with van der Waals surface area (Å²) in [5.74, 6) is 1.71. The summed E-state index contributed by atoms with van der Waals surface area (Å²) in [6, 6.07) is 3.45. The standard InChI is InChI=1S/C12H17N5O2/c1-8(2)6-17(7-11-13-15-16-14-11)12(18)10-5-4-9(3)19-10/h4-5,8H,6-7H2,1-3H3,(H,13,14,15,16). The second-order valence-electron chi connectivity index (χ2n) is 4.82. The number of aromatic nitrogens is 4. The summed E-state index contributed by atoms with van der Waals surface area (Å²) in [4.78, 5) is 14.0. The highest BCUT2D eigenvalue weighted by molar-refractivity contribution is 5.91. The predicted molar refractivity (Wildman–Crippen MR) is 67.2 cm³/mol. The first-order valence-corrected chi connectivity index (χ1v) is 6.14. The quantitative estimate of drug-likeness (QED) is 0.880. The van der Waals surface area contributed by atoms with Gasteiger partial charge in [-0.15, -0.1) is 10.2 Å². The molecule has 2 heterocycles. The lowest BCUT2D eigenvalue weighted by Gasteiger charge is -2.22. The lowest BCUT2D eigenvalue weighted by molar-refractivity contribution is 0.0684. The van der Waals surface area contributed by atoms with Gasteiger partial charge in [0.2, 0.25) is 0 Å². The van der Waals surface area contributed by atoms with Gasteiger partial charge in [0.15, 0.2) is 11.6 Å². The Balaban J connectivity index is 2.14. The average Bonchev–Trinajstić information content (AvgIpc) is 2.98. The van der Waals surface area contributed by atoms with Crippen LogP contribution in [0.2, 0.25) is 0 Å². The molecule has 0 aromatic carbocycles. The van der Waals surface area contributed by atoms with Crippen LogP contribution in [-0.4, -0.2) is 38.0 Å². The number of carbonyl (C=O) groups excluding carboxylic acids is 1. The van der Waals surface area contributed by atoms with E-state index >= 15 is 0 Å². The Morgan fingerprint density at radius 2 is 2.26 bits per heavy atom. The third-order valence-corrected chi connectivity index (χ3v) is 2.55. The number of H-pyrrole nitrogens is 1. The van der Waals surface area contributed by atoms with Crippen molar-refractivity contribution in [2.24, 2.45) is 5.92 Å². The van der Waals surface area contributed by atoms with Crippen molar-refractivity contribution >= 4 is 5.91 Å². The molecule has 0 unspecified atom stereocenters. The van der Waals surface area contributed by atoms with E-state index in [1.54, 1.807) is 17.0 Å². The Kier molecular flexibility index (Phi) is 3.94. The van der Waals surface area contributed by atoms with Crippen molar-refractivity contribution in [3.63, 3.8) is 0 Å². The lowest BCUT2D eigenvalue weighted by atomic mass is 10.2. The highest BCUT2D eigenvalue weighted by Gasteiger charge is 2.21. The Hall–Kier alpha value is -2.18. The molecule has 0 aliphatic rings. The fourth-order valence-corrected chi connectivity index (χ4v) is 1.79. The molecule has 0 saturated carbocycles. The summed E-state index contributed by atoms with van der Waals surface area (Å²) in [5, 5.41) is 13.6. The third-order valence-electron chi connectivity index (χ3n) is 2.55. The molecule has 0 aliphatic heterocycles. The molecule has 0 aliphatic carbocycles. The van der Waals surface area contributed by atoms with Crippen LogP contribution < -0.4 is 0 Å². The van der Waals surface area contributed by atoms with E-state index in [0.29, 0.717) is 36.4 Å². The van der Waals surface area contributed by atoms with E-state index in [4.69, 9.17) is 4.42 Å². The molecular formula is C12H17N5O2. The second-order valence-corrected chi connectivity index (χ2v) is 4.82. The summed E-state index contributed by atoms with van der Waals surface area (Å²) < 4.78 is 5.37. The third kappa shape index (κ3) is 3.40. The van der Waals surface area contributed by atoms with E-state index in [1.807, 2.05) is 20.8 Å². The predicted octanol–water partition coefficient (Wildman–Crippen LogP) is 1.40. The maximum Gasteiger partial charge on any atom is 0.289 e. The van der Waals surface area contributed by atoms with Crippen molar-refractivity contribution in [3.8, 4) is 0 Å². The molecule has 7 heteroatoms. The minimum atomic E-state index is -0.161. The van der Waals surface area contributed by atoms with Gasteiger partial charge in [-0.1, -0.05) is 19.1 Å². The van der Waals surface area contributed by atoms with Crippen molar-refractivity contribution in [1.29, 1.82) is 0 Å². The molecule has 2 aromatic rings. The number of hydrogen-bond acceptors (Lipinski definition) is 5. The van der Waals surface area contributed by atoms with Crippen LogP contribution in [0.15, 0.2) is 16.5 Å². The van der Waals surface area contributed by atoms with Crippen LogP contribution in [0.4, 0.5) is 0 Å². The molecule has 1 N–H and O–H groups in total. The van der Waals surface area contributed by atoms with Crippen molar-refractivity contribution in [3.05, 3.63) is 29.5 Å². The maximum absolute atomic E-state index is 12.4. The number of aryl methyl sites for hydroxylation is 1. The number of furan rings is 1. The Morgan fingerprint density at radius 1 is 1.47 bits per heavy atom. The minimum absolute atomic E-state index is 0.161. The molecule has 0 fully saturated rings. The lowest BCUT2D eigenvalue weighted by Crippen LogP contribution is -2.34. The highest BCUT2D eigenvalue weighted by atomic mass is 16.3. The zero-order valence-electron chi connectivity index (χ0n) is 11.3. The molecule has 2 rings (SSSR count). The van der Waals surface area contributed by atoms with Gasteiger partial charge in [0, 0.05) is 6.54 Å². The molecule has 0 spiro atoms. The van der Waals surface area contributed by atoms with Gasteiger partial charge in [0.1, 0.15) is 5.76 Å². The number of tetrazole rings is 1. The fraction of sp³-hybridized carbons (Fsp3) is 0.500. The summed E-state index contributed by atoms with van der Waals surface area (Å²) in [7, 11) is 0. The topological polar surface area (TPSA) is 87.9 Å². The molecule has 0 bridgehead atoms. The normalized spacial score (nSPS) is 10.9. The summed E-state index contributed by atoms with van der Waals surface area (Å²) in [5.41, 5.74) is 0. The smallest absolute Gasteiger partial charge is 0.289 e. The number of nitrogens with one attached hydrogen (secondary N) is 1. The first kappa shape index (κ1) is 13.3. The molecule has 102 valence electrons. The fourth-order valence-electron chi connectivity index (χ4n) is 1.79. The van der Waals surface area contributed by atoms with Gasteiger partial charge in [0.05, 0.1) is 6.54 Å². The summed E-state index contributed by atoms with van der Waals surface area (Å²) in [6.07, 6.45) is 0. The second kappa shape index (κ2) is 5.64. The molecular weight excluding hydrogens is 246 g/mol. The number of amides is 1. The number of rotatable bonds is 5. The molecule has 2 aromatic heterocycles. The van der Waals surface area contributed by atoms with Gasteiger partial charge in [0.25, 0.3) is 5.91 Å². The zero-order chi connectivity index (χ0) is 13.8. The van der Waals surface area contributed by atoms with Gasteiger partial charge >= 0.3 is 0 Å². The van der Waals surface area contributed by atoms with Crippen molar-refractivity contribution in [2.75, 3.05) is 6.54 Å². The summed E-state index contributed by atoms with van der Waals surface area (Å²) in [6.45, 7) is 6.82. The highest BCUT2D eigenvalue weighted by Crippen LogP contribution is 2.13. The molecule has 0 atom stereocenters. The average molecular weight is 263 g/mol. The Labute approximate surface area is 111 Å². The molecule has 7 nitrogen and oxygen atoms in total. The van der Waals surface area contributed by atoms with Gasteiger partial charge in [-0.25, -0.2) is 0 Å². The first-order valence-electron chi connectivity index (χ1n) is 6.14. The zero-order valence-corrected chi connectivity index (χ0v) is 11.3.